The van der Waals surface area contributed by atoms with Crippen molar-refractivity contribution >= 4 is 18.9 Å². The van der Waals surface area contributed by atoms with Crippen molar-refractivity contribution in [3.8, 4) is 0 Å². The van der Waals surface area contributed by atoms with Crippen molar-refractivity contribution in [1.29, 1.82) is 0 Å². The van der Waals surface area contributed by atoms with E-state index in [0.29, 0.717) is 0 Å². The molecule has 0 N–H and O–H groups in total. The van der Waals surface area contributed by atoms with Gasteiger partial charge in [0, 0.05) is 12.2 Å². The Balaban J connectivity index is 2.62. The van der Waals surface area contributed by atoms with Crippen LogP contribution in [0.15, 0.2) is 48.5 Å². The topological polar surface area (TPSA) is 18.5 Å². The van der Waals surface area contributed by atoms with E-state index in [0.717, 1.165) is 12.8 Å². The third-order valence-corrected chi connectivity index (χ3v) is 8.40. The molecule has 25 heavy (non-hydrogen) atoms. The SMILES string of the molecule is CCC(C)O[Si](OC(C)CC)(c1ccc(C)cc1)c1ccc(C)cc1. The van der Waals surface area contributed by atoms with Gasteiger partial charge in [-0.2, -0.15) is 0 Å². The molecule has 3 heteroatoms. The van der Waals surface area contributed by atoms with Gasteiger partial charge in [-0.3, -0.25) is 0 Å². The summed E-state index contributed by atoms with van der Waals surface area (Å²) in [5.74, 6) is 0. The molecule has 2 aromatic rings. The van der Waals surface area contributed by atoms with Gasteiger partial charge < -0.3 is 8.85 Å². The predicted octanol–water partition coefficient (Wildman–Crippen LogP) is 4.49. The van der Waals surface area contributed by atoms with Gasteiger partial charge in [0.05, 0.1) is 0 Å². The number of hydrogen-bond donors (Lipinski definition) is 0. The normalized spacial score (nSPS) is 14.3. The molecule has 0 bridgehead atoms. The maximum atomic E-state index is 6.73. The van der Waals surface area contributed by atoms with Crippen molar-refractivity contribution in [1.82, 2.24) is 0 Å². The molecule has 0 saturated heterocycles. The lowest BCUT2D eigenvalue weighted by Gasteiger charge is -2.36. The highest BCUT2D eigenvalue weighted by atomic mass is 28.4. The summed E-state index contributed by atoms with van der Waals surface area (Å²) in [6, 6.07) is 17.4. The van der Waals surface area contributed by atoms with E-state index in [1.165, 1.54) is 21.5 Å². The fraction of sp³-hybridized carbons (Fsp3) is 0.455. The highest BCUT2D eigenvalue weighted by Crippen LogP contribution is 2.18. The Kier molecular flexibility index (Phi) is 7.00. The van der Waals surface area contributed by atoms with E-state index in [4.69, 9.17) is 8.85 Å². The van der Waals surface area contributed by atoms with E-state index in [2.05, 4.69) is 90.1 Å². The van der Waals surface area contributed by atoms with E-state index in [1.54, 1.807) is 0 Å². The molecule has 2 unspecified atom stereocenters. The van der Waals surface area contributed by atoms with Crippen molar-refractivity contribution in [3.05, 3.63) is 59.7 Å². The van der Waals surface area contributed by atoms with Crippen molar-refractivity contribution < 1.29 is 8.85 Å². The second-order valence-electron chi connectivity index (χ2n) is 7.02. The maximum absolute atomic E-state index is 6.73. The first-order valence-corrected chi connectivity index (χ1v) is 11.2. The molecular formula is C22H32O2Si. The molecule has 2 nitrogen and oxygen atoms in total. The van der Waals surface area contributed by atoms with Crippen molar-refractivity contribution in [3.63, 3.8) is 0 Å². The number of rotatable bonds is 8. The van der Waals surface area contributed by atoms with Gasteiger partial charge in [-0.1, -0.05) is 73.5 Å². The Morgan fingerprint density at radius 3 is 1.28 bits per heavy atom. The maximum Gasteiger partial charge on any atom is 0.407 e. The summed E-state index contributed by atoms with van der Waals surface area (Å²) in [6.07, 6.45) is 2.24. The van der Waals surface area contributed by atoms with Gasteiger partial charge in [-0.05, 0) is 50.9 Å². The summed E-state index contributed by atoms with van der Waals surface area (Å²) in [5, 5.41) is 2.37. The Morgan fingerprint density at radius 1 is 0.680 bits per heavy atom. The molecule has 0 saturated carbocycles. The minimum Gasteiger partial charge on any atom is -0.385 e. The summed E-state index contributed by atoms with van der Waals surface area (Å²) in [5.41, 5.74) is 2.50. The first-order chi connectivity index (χ1) is 11.9. The molecular weight excluding hydrogens is 324 g/mol. The third-order valence-electron chi connectivity index (χ3n) is 4.75. The number of benzene rings is 2. The van der Waals surface area contributed by atoms with Crippen molar-refractivity contribution in [2.24, 2.45) is 0 Å². The molecule has 0 heterocycles. The Hall–Kier alpha value is -1.42. The zero-order valence-corrected chi connectivity index (χ0v) is 17.5. The molecule has 2 rings (SSSR count). The standard InChI is InChI=1S/C22H32O2Si/c1-7-19(5)23-25(24-20(6)8-2,21-13-9-17(3)10-14-21)22-15-11-18(4)12-16-22/h9-16,19-20H,7-8H2,1-6H3. The van der Waals surface area contributed by atoms with Crippen LogP contribution in [0.2, 0.25) is 0 Å². The predicted molar refractivity (Wildman–Crippen MR) is 109 cm³/mol. The molecule has 2 aromatic carbocycles. The average Bonchev–Trinajstić information content (AvgIpc) is 2.62. The summed E-state index contributed by atoms with van der Waals surface area (Å²) in [4.78, 5) is 0. The van der Waals surface area contributed by atoms with E-state index in [1.807, 2.05) is 0 Å². The van der Waals surface area contributed by atoms with E-state index < -0.39 is 8.56 Å². The zero-order valence-electron chi connectivity index (χ0n) is 16.5. The molecule has 0 aliphatic heterocycles. The lowest BCUT2D eigenvalue weighted by molar-refractivity contribution is 0.106. The van der Waals surface area contributed by atoms with E-state index in [9.17, 15) is 0 Å². The van der Waals surface area contributed by atoms with Crippen LogP contribution in [0.4, 0.5) is 0 Å². The smallest absolute Gasteiger partial charge is 0.385 e. The first kappa shape index (κ1) is 19.9. The first-order valence-electron chi connectivity index (χ1n) is 9.41. The molecule has 0 fully saturated rings. The van der Waals surface area contributed by atoms with Gasteiger partial charge in [0.15, 0.2) is 0 Å². The molecule has 0 amide bonds. The third kappa shape index (κ3) is 4.81. The van der Waals surface area contributed by atoms with Crippen molar-refractivity contribution in [2.75, 3.05) is 0 Å². The second-order valence-corrected chi connectivity index (χ2v) is 9.88. The van der Waals surface area contributed by atoms with Gasteiger partial charge in [0.2, 0.25) is 0 Å². The molecule has 0 aromatic heterocycles. The van der Waals surface area contributed by atoms with Crippen molar-refractivity contribution in [2.45, 2.75) is 66.6 Å². The Labute approximate surface area is 154 Å². The van der Waals surface area contributed by atoms with Crippen LogP contribution in [0.5, 0.6) is 0 Å². The van der Waals surface area contributed by atoms with Gasteiger partial charge in [-0.25, -0.2) is 0 Å². The van der Waals surface area contributed by atoms with Crippen LogP contribution < -0.4 is 10.4 Å². The van der Waals surface area contributed by atoms with Crippen LogP contribution in [0.25, 0.3) is 0 Å². The minimum atomic E-state index is -2.76. The fourth-order valence-corrected chi connectivity index (χ4v) is 6.36. The minimum absolute atomic E-state index is 0.151. The molecule has 0 spiro atoms. The van der Waals surface area contributed by atoms with Crippen LogP contribution in [0, 0.1) is 13.8 Å². The van der Waals surface area contributed by atoms with Gasteiger partial charge in [0.1, 0.15) is 0 Å². The highest BCUT2D eigenvalue weighted by molar-refractivity contribution is 6.92. The van der Waals surface area contributed by atoms with Crippen LogP contribution >= 0.6 is 0 Å². The number of aryl methyl sites for hydroxylation is 2. The second kappa shape index (κ2) is 8.79. The summed E-state index contributed by atoms with van der Waals surface area (Å²) < 4.78 is 13.5. The Bertz CT molecular complexity index is 589. The molecule has 136 valence electrons. The van der Waals surface area contributed by atoms with Gasteiger partial charge in [0.25, 0.3) is 0 Å². The van der Waals surface area contributed by atoms with E-state index >= 15 is 0 Å². The van der Waals surface area contributed by atoms with Crippen LogP contribution in [-0.2, 0) is 8.85 Å². The number of hydrogen-bond acceptors (Lipinski definition) is 2. The monoisotopic (exact) mass is 356 g/mol. The van der Waals surface area contributed by atoms with Crippen LogP contribution in [0.1, 0.15) is 51.7 Å². The average molecular weight is 357 g/mol. The Morgan fingerprint density at radius 2 is 1.00 bits per heavy atom. The van der Waals surface area contributed by atoms with E-state index in [-0.39, 0.29) is 12.2 Å². The molecule has 0 aliphatic rings. The summed E-state index contributed by atoms with van der Waals surface area (Å²) in [7, 11) is -2.76. The lowest BCUT2D eigenvalue weighted by Crippen LogP contribution is -2.65. The fourth-order valence-electron chi connectivity index (χ4n) is 2.75. The van der Waals surface area contributed by atoms with Gasteiger partial charge >= 0.3 is 8.56 Å². The molecule has 0 aliphatic carbocycles. The van der Waals surface area contributed by atoms with Gasteiger partial charge in [-0.15, -0.1) is 0 Å². The summed E-state index contributed by atoms with van der Waals surface area (Å²) >= 11 is 0. The quantitative estimate of drug-likeness (QED) is 0.649. The molecule has 2 atom stereocenters. The molecule has 0 radical (unpaired) electrons. The summed E-state index contributed by atoms with van der Waals surface area (Å²) in [6.45, 7) is 12.8. The largest absolute Gasteiger partial charge is 0.407 e. The van der Waals surface area contributed by atoms with Crippen LogP contribution in [-0.4, -0.2) is 20.8 Å². The lowest BCUT2D eigenvalue weighted by atomic mass is 10.2. The van der Waals surface area contributed by atoms with Crippen LogP contribution in [0.3, 0.4) is 0 Å². The highest BCUT2D eigenvalue weighted by Gasteiger charge is 2.45. The zero-order chi connectivity index (χ0) is 18.4.